The van der Waals surface area contributed by atoms with Crippen LogP contribution in [0.5, 0.6) is 0 Å². The highest BCUT2D eigenvalue weighted by Gasteiger charge is 2.28. The van der Waals surface area contributed by atoms with Crippen molar-refractivity contribution in [1.82, 2.24) is 24.9 Å². The number of hydrogen-bond donors (Lipinski definition) is 1. The van der Waals surface area contributed by atoms with E-state index in [1.165, 1.54) is 6.42 Å². The fourth-order valence-electron chi connectivity index (χ4n) is 3.58. The molecule has 0 radical (unpaired) electrons. The number of nitrogens with one attached hydrogen (secondary N) is 1. The number of halogens is 1. The Morgan fingerprint density at radius 1 is 1.12 bits per heavy atom. The monoisotopic (exact) mass is 361 g/mol. The number of piperazine rings is 1. The molecule has 2 aliphatic rings. The topological polar surface area (TPSA) is 53.4 Å². The van der Waals surface area contributed by atoms with Gasteiger partial charge in [-0.05, 0) is 25.1 Å². The van der Waals surface area contributed by atoms with Crippen molar-refractivity contribution in [1.29, 1.82) is 0 Å². The molecular weight excluding hydrogens is 338 g/mol. The molecule has 0 aliphatic carbocycles. The van der Waals surface area contributed by atoms with Crippen LogP contribution in [0.15, 0.2) is 42.7 Å². The van der Waals surface area contributed by atoms with Crippen molar-refractivity contribution in [2.75, 3.05) is 39.3 Å². The summed E-state index contributed by atoms with van der Waals surface area (Å²) < 4.78 is 1.76. The van der Waals surface area contributed by atoms with Gasteiger partial charge in [0.15, 0.2) is 0 Å². The highest BCUT2D eigenvalue weighted by atomic mass is 35.5. The lowest BCUT2D eigenvalue weighted by Crippen LogP contribution is -2.52. The predicted octanol–water partition coefficient (Wildman–Crippen LogP) is 1.41. The van der Waals surface area contributed by atoms with Crippen LogP contribution in [0.3, 0.4) is 0 Å². The van der Waals surface area contributed by atoms with E-state index in [0.717, 1.165) is 45.0 Å². The first kappa shape index (κ1) is 17.9. The largest absolute Gasteiger partial charge is 0.336 e. The van der Waals surface area contributed by atoms with Crippen LogP contribution < -0.4 is 5.32 Å². The number of benzene rings is 1. The van der Waals surface area contributed by atoms with E-state index in [2.05, 4.69) is 15.3 Å². The summed E-state index contributed by atoms with van der Waals surface area (Å²) in [6.45, 7) is 5.72. The van der Waals surface area contributed by atoms with Crippen molar-refractivity contribution in [2.24, 2.45) is 0 Å². The number of hydrogen-bond acceptors (Lipinski definition) is 4. The van der Waals surface area contributed by atoms with Crippen molar-refractivity contribution in [3.05, 3.63) is 48.3 Å². The van der Waals surface area contributed by atoms with E-state index < -0.39 is 0 Å². The number of rotatable bonds is 3. The average molecular weight is 362 g/mol. The van der Waals surface area contributed by atoms with Crippen LogP contribution in [0.2, 0.25) is 0 Å². The van der Waals surface area contributed by atoms with Crippen LogP contribution in [0.1, 0.15) is 16.8 Å². The number of carbonyl (C=O) groups is 1. The molecule has 134 valence electrons. The molecule has 1 aromatic carbocycles. The second kappa shape index (κ2) is 7.99. The van der Waals surface area contributed by atoms with Gasteiger partial charge in [-0.3, -0.25) is 9.69 Å². The molecule has 2 fully saturated rings. The van der Waals surface area contributed by atoms with Gasteiger partial charge in [0.1, 0.15) is 0 Å². The number of amides is 1. The zero-order valence-corrected chi connectivity index (χ0v) is 15.0. The lowest BCUT2D eigenvalue weighted by atomic mass is 10.2. The van der Waals surface area contributed by atoms with Crippen LogP contribution in [-0.2, 0) is 0 Å². The third-order valence-corrected chi connectivity index (χ3v) is 5.00. The fourth-order valence-corrected chi connectivity index (χ4v) is 3.58. The summed E-state index contributed by atoms with van der Waals surface area (Å²) >= 11 is 0. The molecule has 1 amide bonds. The van der Waals surface area contributed by atoms with Gasteiger partial charge < -0.3 is 10.2 Å². The minimum Gasteiger partial charge on any atom is -0.336 e. The molecule has 6 nitrogen and oxygen atoms in total. The minimum atomic E-state index is 0. The summed E-state index contributed by atoms with van der Waals surface area (Å²) in [4.78, 5) is 17.2. The average Bonchev–Trinajstić information content (AvgIpc) is 3.34. The molecule has 0 bridgehead atoms. The van der Waals surface area contributed by atoms with Crippen LogP contribution in [0, 0.1) is 0 Å². The van der Waals surface area contributed by atoms with Gasteiger partial charge in [0.25, 0.3) is 5.91 Å². The van der Waals surface area contributed by atoms with E-state index in [0.29, 0.717) is 11.6 Å². The minimum absolute atomic E-state index is 0. The van der Waals surface area contributed by atoms with Crippen molar-refractivity contribution in [2.45, 2.75) is 12.5 Å². The fraction of sp³-hybridized carbons (Fsp3) is 0.444. The molecule has 2 aromatic rings. The third kappa shape index (κ3) is 3.86. The Morgan fingerprint density at radius 3 is 2.56 bits per heavy atom. The summed E-state index contributed by atoms with van der Waals surface area (Å²) in [7, 11) is 0. The summed E-state index contributed by atoms with van der Waals surface area (Å²) in [5.74, 6) is 0.0846. The third-order valence-electron chi connectivity index (χ3n) is 5.00. The molecule has 0 spiro atoms. The van der Waals surface area contributed by atoms with Crippen LogP contribution in [0.4, 0.5) is 0 Å². The van der Waals surface area contributed by atoms with Crippen molar-refractivity contribution in [3.63, 3.8) is 0 Å². The van der Waals surface area contributed by atoms with Gasteiger partial charge in [0, 0.05) is 45.0 Å². The first-order chi connectivity index (χ1) is 11.8. The molecule has 3 heterocycles. The lowest BCUT2D eigenvalue weighted by Gasteiger charge is -2.37. The zero-order valence-electron chi connectivity index (χ0n) is 14.2. The van der Waals surface area contributed by atoms with E-state index in [1.54, 1.807) is 10.9 Å². The second-order valence-electron chi connectivity index (χ2n) is 6.48. The second-order valence-corrected chi connectivity index (χ2v) is 6.48. The van der Waals surface area contributed by atoms with E-state index in [-0.39, 0.29) is 18.3 Å². The SMILES string of the molecule is Cl.O=C(c1cnn(-c2ccccc2)c1)N1CCN(C2CCNC2)CC1. The summed E-state index contributed by atoms with van der Waals surface area (Å²) in [6, 6.07) is 10.5. The van der Waals surface area contributed by atoms with Crippen molar-refractivity contribution >= 4 is 18.3 Å². The maximum atomic E-state index is 12.7. The van der Waals surface area contributed by atoms with E-state index in [4.69, 9.17) is 0 Å². The maximum Gasteiger partial charge on any atom is 0.257 e. The Bertz CT molecular complexity index is 691. The normalized spacial score (nSPS) is 21.1. The standard InChI is InChI=1S/C18H23N5O.ClH/c24-18(15-12-20-23(14-15)16-4-2-1-3-5-16)22-10-8-21(9-11-22)17-6-7-19-13-17;/h1-5,12,14,17,19H,6-11,13H2;1H. The molecule has 0 saturated carbocycles. The van der Waals surface area contributed by atoms with Crippen molar-refractivity contribution in [3.8, 4) is 5.69 Å². The molecule has 1 atom stereocenters. The van der Waals surface area contributed by atoms with E-state index in [9.17, 15) is 4.79 Å². The molecule has 25 heavy (non-hydrogen) atoms. The van der Waals surface area contributed by atoms with Crippen molar-refractivity contribution < 1.29 is 4.79 Å². The molecule has 4 rings (SSSR count). The number of carbonyl (C=O) groups excluding carboxylic acids is 1. The van der Waals surface area contributed by atoms with Gasteiger partial charge in [-0.15, -0.1) is 12.4 Å². The Balaban J connectivity index is 0.00000182. The van der Waals surface area contributed by atoms with Gasteiger partial charge in [-0.25, -0.2) is 4.68 Å². The summed E-state index contributed by atoms with van der Waals surface area (Å²) in [6.07, 6.45) is 4.71. The quantitative estimate of drug-likeness (QED) is 0.898. The Labute approximate surface area is 154 Å². The van der Waals surface area contributed by atoms with E-state index in [1.807, 2.05) is 41.4 Å². The molecule has 7 heteroatoms. The van der Waals surface area contributed by atoms with Gasteiger partial charge in [0.05, 0.1) is 17.4 Å². The number of para-hydroxylation sites is 1. The van der Waals surface area contributed by atoms with Gasteiger partial charge in [-0.1, -0.05) is 18.2 Å². The van der Waals surface area contributed by atoms with Gasteiger partial charge in [0.2, 0.25) is 0 Å². The lowest BCUT2D eigenvalue weighted by molar-refractivity contribution is 0.0584. The van der Waals surface area contributed by atoms with Crippen LogP contribution >= 0.6 is 12.4 Å². The molecule has 1 aromatic heterocycles. The Kier molecular flexibility index (Phi) is 5.73. The summed E-state index contributed by atoms with van der Waals surface area (Å²) in [5, 5.41) is 7.75. The van der Waals surface area contributed by atoms with Crippen LogP contribution in [-0.4, -0.2) is 70.8 Å². The molecule has 1 unspecified atom stereocenters. The highest BCUT2D eigenvalue weighted by Crippen LogP contribution is 2.15. The predicted molar refractivity (Wildman–Crippen MR) is 99.6 cm³/mol. The van der Waals surface area contributed by atoms with Gasteiger partial charge in [-0.2, -0.15) is 5.10 Å². The van der Waals surface area contributed by atoms with E-state index >= 15 is 0 Å². The van der Waals surface area contributed by atoms with Gasteiger partial charge >= 0.3 is 0 Å². The molecular formula is C18H24ClN5O. The molecule has 2 saturated heterocycles. The maximum absolute atomic E-state index is 12.7. The smallest absolute Gasteiger partial charge is 0.257 e. The van der Waals surface area contributed by atoms with Crippen LogP contribution in [0.25, 0.3) is 5.69 Å². The Hall–Kier alpha value is -1.89. The molecule has 1 N–H and O–H groups in total. The molecule has 2 aliphatic heterocycles. The summed E-state index contributed by atoms with van der Waals surface area (Å²) in [5.41, 5.74) is 1.63. The first-order valence-corrected chi connectivity index (χ1v) is 8.65. The number of aromatic nitrogens is 2. The zero-order chi connectivity index (χ0) is 16.4. The first-order valence-electron chi connectivity index (χ1n) is 8.65. The highest BCUT2D eigenvalue weighted by molar-refractivity contribution is 5.93. The Morgan fingerprint density at radius 2 is 1.88 bits per heavy atom. The number of nitrogens with zero attached hydrogens (tertiary/aromatic N) is 4.